The van der Waals surface area contributed by atoms with Crippen LogP contribution in [-0.2, 0) is 21.4 Å². The first-order chi connectivity index (χ1) is 12.4. The van der Waals surface area contributed by atoms with Gasteiger partial charge in [0.1, 0.15) is 10.7 Å². The molecule has 1 saturated heterocycles. The van der Waals surface area contributed by atoms with E-state index in [4.69, 9.17) is 9.15 Å². The van der Waals surface area contributed by atoms with Gasteiger partial charge in [0, 0.05) is 32.0 Å². The van der Waals surface area contributed by atoms with Crippen LogP contribution in [0.15, 0.2) is 39.6 Å². The Morgan fingerprint density at radius 3 is 2.69 bits per heavy atom. The van der Waals surface area contributed by atoms with Gasteiger partial charge in [0.25, 0.3) is 5.91 Å². The van der Waals surface area contributed by atoms with E-state index in [0.717, 1.165) is 18.4 Å². The van der Waals surface area contributed by atoms with Gasteiger partial charge in [-0.3, -0.25) is 4.79 Å². The van der Waals surface area contributed by atoms with Crippen molar-refractivity contribution < 1.29 is 22.4 Å². The first-order valence-electron chi connectivity index (χ1n) is 8.41. The highest BCUT2D eigenvalue weighted by Gasteiger charge is 2.31. The minimum Gasteiger partial charge on any atom is -0.455 e. The number of sulfonamides is 1. The van der Waals surface area contributed by atoms with Crippen molar-refractivity contribution >= 4 is 21.6 Å². The van der Waals surface area contributed by atoms with Crippen LogP contribution in [0.1, 0.15) is 34.7 Å². The number of nitrogens with zero attached hydrogens (tertiary/aromatic N) is 1. The molecule has 1 aromatic carbocycles. The molecule has 2 heterocycles. The minimum atomic E-state index is -3.63. The fraction of sp³-hybridized carbons (Fsp3) is 0.389. The summed E-state index contributed by atoms with van der Waals surface area (Å²) in [6, 6.07) is 8.53. The molecule has 0 spiro atoms. The van der Waals surface area contributed by atoms with Gasteiger partial charge in [-0.15, -0.1) is 0 Å². The number of carbonyl (C=O) groups excluding carboxylic acids is 1. The second-order valence-electron chi connectivity index (χ2n) is 6.23. The zero-order valence-electron chi connectivity index (χ0n) is 14.8. The Hall–Kier alpha value is -2.16. The van der Waals surface area contributed by atoms with E-state index < -0.39 is 15.9 Å². The lowest BCUT2D eigenvalue weighted by atomic mass is 10.2. The highest BCUT2D eigenvalue weighted by Crippen LogP contribution is 2.26. The highest BCUT2D eigenvalue weighted by molar-refractivity contribution is 7.89. The van der Waals surface area contributed by atoms with Gasteiger partial charge in [-0.2, -0.15) is 4.31 Å². The standard InChI is InChI=1S/C18H22N2O5S/c1-13-17(26(22,23)20-8-3-4-9-20)11-16(25-13)18(21)19-15-7-5-6-14(10-15)12-24-2/h5-7,10-11H,3-4,8-9,12H2,1-2H3,(H,19,21). The maximum atomic E-state index is 12.7. The summed E-state index contributed by atoms with van der Waals surface area (Å²) < 4.78 is 37.3. The molecule has 0 aliphatic carbocycles. The summed E-state index contributed by atoms with van der Waals surface area (Å²) in [6.07, 6.45) is 1.70. The molecular formula is C18H22N2O5S. The molecule has 1 aliphatic rings. The topological polar surface area (TPSA) is 88.8 Å². The maximum Gasteiger partial charge on any atom is 0.291 e. The van der Waals surface area contributed by atoms with Gasteiger partial charge in [-0.05, 0) is 37.5 Å². The van der Waals surface area contributed by atoms with Crippen LogP contribution in [0, 0.1) is 6.92 Å². The predicted molar refractivity (Wildman–Crippen MR) is 96.5 cm³/mol. The van der Waals surface area contributed by atoms with Crippen molar-refractivity contribution in [1.29, 1.82) is 0 Å². The van der Waals surface area contributed by atoms with E-state index in [0.29, 0.717) is 25.4 Å². The molecule has 1 aromatic heterocycles. The Bertz CT molecular complexity index is 898. The number of amides is 1. The van der Waals surface area contributed by atoms with Crippen LogP contribution < -0.4 is 5.32 Å². The van der Waals surface area contributed by atoms with E-state index in [9.17, 15) is 13.2 Å². The normalized spacial score (nSPS) is 15.3. The molecule has 3 rings (SSSR count). The first kappa shape index (κ1) is 18.6. The van der Waals surface area contributed by atoms with Gasteiger partial charge in [-0.25, -0.2) is 8.42 Å². The largest absolute Gasteiger partial charge is 0.455 e. The zero-order valence-corrected chi connectivity index (χ0v) is 15.6. The Morgan fingerprint density at radius 2 is 2.00 bits per heavy atom. The van der Waals surface area contributed by atoms with Gasteiger partial charge in [0.2, 0.25) is 10.0 Å². The van der Waals surface area contributed by atoms with Crippen molar-refractivity contribution in [3.63, 3.8) is 0 Å². The van der Waals surface area contributed by atoms with Crippen LogP contribution in [0.3, 0.4) is 0 Å². The van der Waals surface area contributed by atoms with Crippen LogP contribution in [0.4, 0.5) is 5.69 Å². The summed E-state index contributed by atoms with van der Waals surface area (Å²) in [5.74, 6) is -0.307. The molecule has 140 valence electrons. The summed E-state index contributed by atoms with van der Waals surface area (Å²) in [5.41, 5.74) is 1.50. The van der Waals surface area contributed by atoms with Gasteiger partial charge in [-0.1, -0.05) is 12.1 Å². The van der Waals surface area contributed by atoms with Gasteiger partial charge in [0.05, 0.1) is 6.61 Å². The van der Waals surface area contributed by atoms with Crippen molar-refractivity contribution in [2.75, 3.05) is 25.5 Å². The Balaban J connectivity index is 1.80. The number of hydrogen-bond donors (Lipinski definition) is 1. The molecule has 0 atom stereocenters. The van der Waals surface area contributed by atoms with Crippen LogP contribution in [-0.4, -0.2) is 38.8 Å². The molecule has 8 heteroatoms. The van der Waals surface area contributed by atoms with E-state index in [-0.39, 0.29) is 16.4 Å². The van der Waals surface area contributed by atoms with E-state index in [2.05, 4.69) is 5.32 Å². The lowest BCUT2D eigenvalue weighted by molar-refractivity contribution is 0.0995. The van der Waals surface area contributed by atoms with Crippen LogP contribution in [0.2, 0.25) is 0 Å². The van der Waals surface area contributed by atoms with Crippen LogP contribution >= 0.6 is 0 Å². The number of rotatable bonds is 6. The number of anilines is 1. The molecule has 0 bridgehead atoms. The Labute approximate surface area is 153 Å². The molecule has 7 nitrogen and oxygen atoms in total. The first-order valence-corrected chi connectivity index (χ1v) is 9.85. The summed E-state index contributed by atoms with van der Waals surface area (Å²) in [7, 11) is -2.03. The number of benzene rings is 1. The molecule has 1 fully saturated rings. The van der Waals surface area contributed by atoms with Crippen LogP contribution in [0.25, 0.3) is 0 Å². The fourth-order valence-corrected chi connectivity index (χ4v) is 4.68. The fourth-order valence-electron chi connectivity index (χ4n) is 3.00. The zero-order chi connectivity index (χ0) is 18.7. The molecule has 0 saturated carbocycles. The van der Waals surface area contributed by atoms with E-state index in [1.807, 2.05) is 6.07 Å². The average Bonchev–Trinajstić information content (AvgIpc) is 3.25. The number of methoxy groups -OCH3 is 1. The van der Waals surface area contributed by atoms with Crippen molar-refractivity contribution in [3.8, 4) is 0 Å². The third-order valence-corrected chi connectivity index (χ3v) is 6.28. The minimum absolute atomic E-state index is 0.0302. The number of aryl methyl sites for hydroxylation is 1. The van der Waals surface area contributed by atoms with E-state index in [1.54, 1.807) is 32.2 Å². The third kappa shape index (κ3) is 3.82. The molecule has 26 heavy (non-hydrogen) atoms. The maximum absolute atomic E-state index is 12.7. The van der Waals surface area contributed by atoms with Gasteiger partial charge < -0.3 is 14.5 Å². The highest BCUT2D eigenvalue weighted by atomic mass is 32.2. The van der Waals surface area contributed by atoms with Gasteiger partial charge >= 0.3 is 0 Å². The molecule has 1 aliphatic heterocycles. The van der Waals surface area contributed by atoms with Crippen LogP contribution in [0.5, 0.6) is 0 Å². The lowest BCUT2D eigenvalue weighted by Gasteiger charge is -2.14. The molecular weight excluding hydrogens is 356 g/mol. The number of furan rings is 1. The van der Waals surface area contributed by atoms with E-state index in [1.165, 1.54) is 10.4 Å². The average molecular weight is 378 g/mol. The van der Waals surface area contributed by atoms with Crippen molar-refractivity contribution in [2.24, 2.45) is 0 Å². The lowest BCUT2D eigenvalue weighted by Crippen LogP contribution is -2.28. The van der Waals surface area contributed by atoms with E-state index >= 15 is 0 Å². The number of nitrogens with one attached hydrogen (secondary N) is 1. The van der Waals surface area contributed by atoms with Crippen molar-refractivity contribution in [1.82, 2.24) is 4.31 Å². The third-order valence-electron chi connectivity index (χ3n) is 4.27. The molecule has 0 unspecified atom stereocenters. The number of carbonyl (C=O) groups is 1. The second kappa shape index (κ2) is 7.61. The second-order valence-corrected chi connectivity index (χ2v) is 8.14. The SMILES string of the molecule is COCc1cccc(NC(=O)c2cc(S(=O)(=O)N3CCCC3)c(C)o2)c1. The summed E-state index contributed by atoms with van der Waals surface area (Å²) in [6.45, 7) is 2.99. The molecule has 1 N–H and O–H groups in total. The number of hydrogen-bond acceptors (Lipinski definition) is 5. The Kier molecular flexibility index (Phi) is 5.45. The smallest absolute Gasteiger partial charge is 0.291 e. The summed E-state index contributed by atoms with van der Waals surface area (Å²) in [5, 5.41) is 2.72. The quantitative estimate of drug-likeness (QED) is 0.835. The summed E-state index contributed by atoms with van der Waals surface area (Å²) in [4.78, 5) is 12.5. The van der Waals surface area contributed by atoms with Gasteiger partial charge in [0.15, 0.2) is 5.76 Å². The van der Waals surface area contributed by atoms with Crippen molar-refractivity contribution in [2.45, 2.75) is 31.3 Å². The molecule has 0 radical (unpaired) electrons. The molecule has 1 amide bonds. The summed E-state index contributed by atoms with van der Waals surface area (Å²) >= 11 is 0. The monoisotopic (exact) mass is 378 g/mol. The Morgan fingerprint density at radius 1 is 1.27 bits per heavy atom. The number of ether oxygens (including phenoxy) is 1. The van der Waals surface area contributed by atoms with Crippen molar-refractivity contribution in [3.05, 3.63) is 47.4 Å². The predicted octanol–water partition coefficient (Wildman–Crippen LogP) is 2.77. The molecule has 2 aromatic rings.